The van der Waals surface area contributed by atoms with Crippen molar-refractivity contribution in [3.8, 4) is 0 Å². The summed E-state index contributed by atoms with van der Waals surface area (Å²) < 4.78 is 1.17. The van der Waals surface area contributed by atoms with Crippen LogP contribution < -0.4 is 5.73 Å². The molecule has 0 saturated heterocycles. The van der Waals surface area contributed by atoms with Gasteiger partial charge in [-0.1, -0.05) is 12.1 Å². The van der Waals surface area contributed by atoms with Gasteiger partial charge in [-0.05, 0) is 24.4 Å². The lowest BCUT2D eigenvalue weighted by atomic mass is 10.3. The Morgan fingerprint density at radius 2 is 2.27 bits per heavy atom. The van der Waals surface area contributed by atoms with E-state index in [0.717, 1.165) is 16.2 Å². The second-order valence-electron chi connectivity index (χ2n) is 2.95. The molecule has 1 aromatic heterocycles. The molecule has 4 heteroatoms. The summed E-state index contributed by atoms with van der Waals surface area (Å²) >= 11 is 1.62. The first-order chi connectivity index (χ1) is 7.35. The van der Waals surface area contributed by atoms with E-state index >= 15 is 0 Å². The number of benzene rings is 1. The first-order valence-corrected chi connectivity index (χ1v) is 5.38. The molecule has 0 aliphatic rings. The predicted octanol–water partition coefficient (Wildman–Crippen LogP) is 2.19. The maximum atomic E-state index is 5.35. The molecule has 3 nitrogen and oxygen atoms in total. The molecule has 1 aromatic carbocycles. The summed E-state index contributed by atoms with van der Waals surface area (Å²) in [6.45, 7) is 0. The van der Waals surface area contributed by atoms with Crippen molar-refractivity contribution in [2.45, 2.75) is 0 Å². The lowest BCUT2D eigenvalue weighted by Crippen LogP contribution is -1.96. The highest BCUT2D eigenvalue weighted by Crippen LogP contribution is 2.22. The number of hydrogen-bond acceptors (Lipinski definition) is 4. The van der Waals surface area contributed by atoms with Crippen molar-refractivity contribution in [2.24, 2.45) is 10.7 Å². The number of aliphatic imine (C=N–C) groups is 1. The van der Waals surface area contributed by atoms with Crippen LogP contribution in [0.25, 0.3) is 10.2 Å². The Bertz CT molecular complexity index is 492. The highest BCUT2D eigenvalue weighted by atomic mass is 32.1. The molecular formula is C11H11N3S. The Balaban J connectivity index is 2.53. The first kappa shape index (κ1) is 9.86. The van der Waals surface area contributed by atoms with Crippen LogP contribution >= 0.6 is 11.3 Å². The number of allylic oxidation sites excluding steroid dienone is 1. The van der Waals surface area contributed by atoms with Crippen molar-refractivity contribution >= 4 is 27.3 Å². The lowest BCUT2D eigenvalue weighted by Gasteiger charge is -1.91. The molecule has 0 bridgehead atoms. The molecule has 1 heterocycles. The van der Waals surface area contributed by atoms with Gasteiger partial charge in [0.2, 0.25) is 0 Å². The van der Waals surface area contributed by atoms with Crippen LogP contribution in [0.3, 0.4) is 0 Å². The van der Waals surface area contributed by atoms with Gasteiger partial charge in [-0.3, -0.25) is 4.99 Å². The zero-order valence-corrected chi connectivity index (χ0v) is 9.16. The average Bonchev–Trinajstić information content (AvgIpc) is 2.69. The van der Waals surface area contributed by atoms with Gasteiger partial charge in [0.05, 0.1) is 15.9 Å². The van der Waals surface area contributed by atoms with Crippen molar-refractivity contribution in [3.63, 3.8) is 0 Å². The standard InChI is InChI=1S/C11H11N3S/c1-13-9(6-7-12)11-14-8-4-2-3-5-10(8)15-11/h2-7H,12H2,1H3/b7-6-,13-9?. The molecule has 0 unspecified atom stereocenters. The van der Waals surface area contributed by atoms with Gasteiger partial charge in [0.15, 0.2) is 0 Å². The molecule has 0 aliphatic carbocycles. The number of para-hydroxylation sites is 1. The molecule has 0 atom stereocenters. The van der Waals surface area contributed by atoms with E-state index in [1.54, 1.807) is 24.5 Å². The van der Waals surface area contributed by atoms with Gasteiger partial charge in [0.1, 0.15) is 5.01 Å². The van der Waals surface area contributed by atoms with Gasteiger partial charge >= 0.3 is 0 Å². The van der Waals surface area contributed by atoms with Crippen molar-refractivity contribution in [1.82, 2.24) is 4.98 Å². The Labute approximate surface area is 92.0 Å². The summed E-state index contributed by atoms with van der Waals surface area (Å²) in [5.74, 6) is 0. The SMILES string of the molecule is CN=C(/C=C\N)c1nc2ccccc2s1. The summed E-state index contributed by atoms with van der Waals surface area (Å²) in [7, 11) is 1.74. The molecule has 0 spiro atoms. The van der Waals surface area contributed by atoms with Crippen molar-refractivity contribution in [2.75, 3.05) is 7.05 Å². The zero-order chi connectivity index (χ0) is 10.7. The van der Waals surface area contributed by atoms with Gasteiger partial charge in [0, 0.05) is 7.05 Å². The molecule has 15 heavy (non-hydrogen) atoms. The van der Waals surface area contributed by atoms with E-state index in [1.165, 1.54) is 10.9 Å². The number of aromatic nitrogens is 1. The van der Waals surface area contributed by atoms with Crippen LogP contribution in [0.4, 0.5) is 0 Å². The van der Waals surface area contributed by atoms with Gasteiger partial charge in [0.25, 0.3) is 0 Å². The Morgan fingerprint density at radius 3 is 2.93 bits per heavy atom. The molecule has 76 valence electrons. The van der Waals surface area contributed by atoms with Gasteiger partial charge < -0.3 is 5.73 Å². The number of fused-ring (bicyclic) bond motifs is 1. The number of nitrogens with zero attached hydrogens (tertiary/aromatic N) is 2. The fourth-order valence-corrected chi connectivity index (χ4v) is 2.30. The third-order valence-electron chi connectivity index (χ3n) is 2.01. The average molecular weight is 217 g/mol. The van der Waals surface area contributed by atoms with E-state index in [0.29, 0.717) is 0 Å². The van der Waals surface area contributed by atoms with Crippen LogP contribution in [0, 0.1) is 0 Å². The topological polar surface area (TPSA) is 51.3 Å². The van der Waals surface area contributed by atoms with Crippen LogP contribution in [0.1, 0.15) is 5.01 Å². The van der Waals surface area contributed by atoms with Gasteiger partial charge in [-0.25, -0.2) is 4.98 Å². The summed E-state index contributed by atoms with van der Waals surface area (Å²) in [5, 5.41) is 0.903. The fourth-order valence-electron chi connectivity index (χ4n) is 1.31. The molecule has 2 N–H and O–H groups in total. The minimum absolute atomic E-state index is 0.818. The highest BCUT2D eigenvalue weighted by Gasteiger charge is 2.06. The zero-order valence-electron chi connectivity index (χ0n) is 8.34. The Hall–Kier alpha value is -1.68. The van der Waals surface area contributed by atoms with Crippen LogP contribution in [0.5, 0.6) is 0 Å². The van der Waals surface area contributed by atoms with E-state index in [-0.39, 0.29) is 0 Å². The molecule has 2 aromatic rings. The maximum Gasteiger partial charge on any atom is 0.142 e. The van der Waals surface area contributed by atoms with Gasteiger partial charge in [-0.2, -0.15) is 0 Å². The summed E-state index contributed by atoms with van der Waals surface area (Å²) in [4.78, 5) is 8.62. The maximum absolute atomic E-state index is 5.35. The van der Waals surface area contributed by atoms with Crippen LogP contribution in [-0.4, -0.2) is 17.7 Å². The smallest absolute Gasteiger partial charge is 0.142 e. The van der Waals surface area contributed by atoms with Crippen molar-refractivity contribution in [1.29, 1.82) is 0 Å². The number of thiazole rings is 1. The quantitative estimate of drug-likeness (QED) is 0.784. The van der Waals surface area contributed by atoms with E-state index in [2.05, 4.69) is 16.0 Å². The number of hydrogen-bond donors (Lipinski definition) is 1. The second kappa shape index (κ2) is 4.23. The third-order valence-corrected chi connectivity index (χ3v) is 3.07. The summed E-state index contributed by atoms with van der Waals surface area (Å²) in [6, 6.07) is 8.03. The minimum Gasteiger partial charge on any atom is -0.405 e. The van der Waals surface area contributed by atoms with Crippen molar-refractivity contribution in [3.05, 3.63) is 41.5 Å². The molecule has 0 amide bonds. The lowest BCUT2D eigenvalue weighted by molar-refractivity contribution is 1.39. The summed E-state index contributed by atoms with van der Waals surface area (Å²) in [6.07, 6.45) is 3.24. The predicted molar refractivity (Wildman–Crippen MR) is 65.4 cm³/mol. The minimum atomic E-state index is 0.818. The molecular weight excluding hydrogens is 206 g/mol. The largest absolute Gasteiger partial charge is 0.405 e. The summed E-state index contributed by atoms with van der Waals surface area (Å²) in [5.41, 5.74) is 7.17. The highest BCUT2D eigenvalue weighted by molar-refractivity contribution is 7.20. The second-order valence-corrected chi connectivity index (χ2v) is 3.99. The van der Waals surface area contributed by atoms with Crippen LogP contribution in [-0.2, 0) is 0 Å². The van der Waals surface area contributed by atoms with Crippen LogP contribution in [0.15, 0.2) is 41.5 Å². The van der Waals surface area contributed by atoms with E-state index in [4.69, 9.17) is 5.73 Å². The molecule has 0 saturated carbocycles. The third kappa shape index (κ3) is 1.89. The van der Waals surface area contributed by atoms with Gasteiger partial charge in [-0.15, -0.1) is 11.3 Å². The molecule has 0 aliphatic heterocycles. The Morgan fingerprint density at radius 1 is 1.47 bits per heavy atom. The van der Waals surface area contributed by atoms with E-state index in [9.17, 15) is 0 Å². The number of nitrogens with two attached hydrogens (primary N) is 1. The monoisotopic (exact) mass is 217 g/mol. The van der Waals surface area contributed by atoms with Crippen LogP contribution in [0.2, 0.25) is 0 Å². The molecule has 0 radical (unpaired) electrons. The fraction of sp³-hybridized carbons (Fsp3) is 0.0909. The first-order valence-electron chi connectivity index (χ1n) is 4.56. The normalized spacial score (nSPS) is 12.7. The number of rotatable bonds is 2. The van der Waals surface area contributed by atoms with E-state index < -0.39 is 0 Å². The Kier molecular flexibility index (Phi) is 2.78. The molecule has 2 rings (SSSR count). The van der Waals surface area contributed by atoms with E-state index in [1.807, 2.05) is 18.2 Å². The molecule has 0 fully saturated rings. The van der Waals surface area contributed by atoms with Crippen molar-refractivity contribution < 1.29 is 0 Å².